The van der Waals surface area contributed by atoms with Gasteiger partial charge >= 0.3 is 5.97 Å². The molecule has 0 bridgehead atoms. The summed E-state index contributed by atoms with van der Waals surface area (Å²) in [6.45, 7) is 5.12. The summed E-state index contributed by atoms with van der Waals surface area (Å²) in [5.74, 6) is -0.448. The quantitative estimate of drug-likeness (QED) is 0.711. The maximum Gasteiger partial charge on any atom is 0.338 e. The van der Waals surface area contributed by atoms with E-state index in [1.807, 2.05) is 18.2 Å². The van der Waals surface area contributed by atoms with Gasteiger partial charge in [0.1, 0.15) is 0 Å². The Bertz CT molecular complexity index is 859. The number of hydrogen-bond acceptors (Lipinski definition) is 5. The van der Waals surface area contributed by atoms with Crippen LogP contribution >= 0.6 is 0 Å². The number of ether oxygens (including phenoxy) is 1. The van der Waals surface area contributed by atoms with Crippen molar-refractivity contribution in [1.82, 2.24) is 9.21 Å². The van der Waals surface area contributed by atoms with Gasteiger partial charge in [-0.1, -0.05) is 30.3 Å². The second-order valence-electron chi connectivity index (χ2n) is 6.41. The molecule has 0 spiro atoms. The fraction of sp³-hybridized carbons (Fsp3) is 0.350. The van der Waals surface area contributed by atoms with E-state index in [9.17, 15) is 13.2 Å². The van der Waals surface area contributed by atoms with Gasteiger partial charge in [0.25, 0.3) is 0 Å². The molecule has 1 aliphatic rings. The van der Waals surface area contributed by atoms with E-state index in [1.54, 1.807) is 6.92 Å². The summed E-state index contributed by atoms with van der Waals surface area (Å²) in [6.07, 6.45) is 0. The summed E-state index contributed by atoms with van der Waals surface area (Å²) in [5, 5.41) is 0. The zero-order valence-electron chi connectivity index (χ0n) is 15.4. The van der Waals surface area contributed by atoms with E-state index in [0.29, 0.717) is 31.7 Å². The van der Waals surface area contributed by atoms with E-state index in [4.69, 9.17) is 4.74 Å². The summed E-state index contributed by atoms with van der Waals surface area (Å²) in [4.78, 5) is 14.2. The fourth-order valence-corrected chi connectivity index (χ4v) is 4.52. The fourth-order valence-electron chi connectivity index (χ4n) is 3.10. The van der Waals surface area contributed by atoms with Crippen molar-refractivity contribution in [1.29, 1.82) is 0 Å². The van der Waals surface area contributed by atoms with Crippen LogP contribution in [0.1, 0.15) is 22.8 Å². The molecule has 0 aromatic heterocycles. The molecule has 0 radical (unpaired) electrons. The Kier molecular flexibility index (Phi) is 6.26. The first-order chi connectivity index (χ1) is 13.0. The number of rotatable bonds is 6. The Morgan fingerprint density at radius 2 is 1.59 bits per heavy atom. The molecule has 2 aromatic rings. The number of hydrogen-bond donors (Lipinski definition) is 0. The van der Waals surface area contributed by atoms with Crippen molar-refractivity contribution in [3.63, 3.8) is 0 Å². The van der Waals surface area contributed by atoms with Crippen LogP contribution in [0.15, 0.2) is 59.5 Å². The molecule has 6 nitrogen and oxygen atoms in total. The Labute approximate surface area is 160 Å². The SMILES string of the molecule is CCOC(=O)c1ccc(S(=O)(=O)N2CCN(Cc3ccccc3)CC2)cc1. The Hall–Kier alpha value is -2.22. The Morgan fingerprint density at radius 1 is 0.963 bits per heavy atom. The van der Waals surface area contributed by atoms with Crippen LogP contribution in [-0.4, -0.2) is 56.4 Å². The van der Waals surface area contributed by atoms with Crippen LogP contribution < -0.4 is 0 Å². The minimum atomic E-state index is -3.56. The third-order valence-electron chi connectivity index (χ3n) is 4.58. The molecule has 0 amide bonds. The number of nitrogens with zero attached hydrogens (tertiary/aromatic N) is 2. The molecule has 1 fully saturated rings. The van der Waals surface area contributed by atoms with Gasteiger partial charge < -0.3 is 4.74 Å². The van der Waals surface area contributed by atoms with Crippen molar-refractivity contribution in [3.05, 3.63) is 65.7 Å². The van der Waals surface area contributed by atoms with Gasteiger partial charge in [-0.15, -0.1) is 0 Å². The van der Waals surface area contributed by atoms with Crippen molar-refractivity contribution >= 4 is 16.0 Å². The van der Waals surface area contributed by atoms with Crippen molar-refractivity contribution in [2.75, 3.05) is 32.8 Å². The monoisotopic (exact) mass is 388 g/mol. The van der Waals surface area contributed by atoms with E-state index in [2.05, 4.69) is 17.0 Å². The number of sulfonamides is 1. The van der Waals surface area contributed by atoms with E-state index in [-0.39, 0.29) is 11.5 Å². The molecular formula is C20H24N2O4S. The highest BCUT2D eigenvalue weighted by atomic mass is 32.2. The minimum Gasteiger partial charge on any atom is -0.462 e. The van der Waals surface area contributed by atoms with Gasteiger partial charge in [-0.2, -0.15) is 4.31 Å². The summed E-state index contributed by atoms with van der Waals surface area (Å²) in [6, 6.07) is 16.1. The summed E-state index contributed by atoms with van der Waals surface area (Å²) in [5.41, 5.74) is 1.58. The molecule has 0 aliphatic carbocycles. The van der Waals surface area contributed by atoms with Crippen LogP contribution in [0.4, 0.5) is 0 Å². The normalized spacial score (nSPS) is 16.2. The van der Waals surface area contributed by atoms with E-state index >= 15 is 0 Å². The van der Waals surface area contributed by atoms with E-state index in [1.165, 1.54) is 34.1 Å². The Balaban J connectivity index is 1.62. The molecule has 1 saturated heterocycles. The van der Waals surface area contributed by atoms with Gasteiger partial charge in [-0.25, -0.2) is 13.2 Å². The van der Waals surface area contributed by atoms with Gasteiger partial charge in [0.2, 0.25) is 10.0 Å². The van der Waals surface area contributed by atoms with Gasteiger partial charge in [-0.3, -0.25) is 4.90 Å². The Morgan fingerprint density at radius 3 is 2.19 bits per heavy atom. The third-order valence-corrected chi connectivity index (χ3v) is 6.50. The highest BCUT2D eigenvalue weighted by Crippen LogP contribution is 2.19. The summed E-state index contributed by atoms with van der Waals surface area (Å²) < 4.78 is 32.1. The molecule has 3 rings (SSSR count). The number of piperazine rings is 1. The molecule has 0 N–H and O–H groups in total. The van der Waals surface area contributed by atoms with Gasteiger partial charge in [0.15, 0.2) is 0 Å². The predicted molar refractivity (Wildman–Crippen MR) is 103 cm³/mol. The molecule has 1 heterocycles. The van der Waals surface area contributed by atoms with Crippen molar-refractivity contribution in [3.8, 4) is 0 Å². The molecule has 0 saturated carbocycles. The first kappa shape index (κ1) is 19.5. The number of carbonyl (C=O) groups is 1. The molecule has 1 aliphatic heterocycles. The highest BCUT2D eigenvalue weighted by molar-refractivity contribution is 7.89. The molecule has 2 aromatic carbocycles. The molecule has 0 unspecified atom stereocenters. The minimum absolute atomic E-state index is 0.201. The van der Waals surface area contributed by atoms with Crippen LogP contribution in [0, 0.1) is 0 Å². The van der Waals surface area contributed by atoms with Crippen LogP contribution in [-0.2, 0) is 21.3 Å². The molecule has 7 heteroatoms. The van der Waals surface area contributed by atoms with Crippen LogP contribution in [0.25, 0.3) is 0 Å². The summed E-state index contributed by atoms with van der Waals surface area (Å²) >= 11 is 0. The second kappa shape index (κ2) is 8.65. The smallest absolute Gasteiger partial charge is 0.338 e. The molecule has 144 valence electrons. The average Bonchev–Trinajstić information content (AvgIpc) is 2.69. The molecule has 27 heavy (non-hydrogen) atoms. The van der Waals surface area contributed by atoms with Crippen molar-refractivity contribution in [2.45, 2.75) is 18.4 Å². The van der Waals surface area contributed by atoms with E-state index in [0.717, 1.165) is 6.54 Å². The lowest BCUT2D eigenvalue weighted by Crippen LogP contribution is -2.48. The number of benzene rings is 2. The third kappa shape index (κ3) is 4.74. The zero-order valence-corrected chi connectivity index (χ0v) is 16.2. The summed E-state index contributed by atoms with van der Waals surface area (Å²) in [7, 11) is -3.56. The van der Waals surface area contributed by atoms with E-state index < -0.39 is 16.0 Å². The number of esters is 1. The topological polar surface area (TPSA) is 66.9 Å². The molecule has 0 atom stereocenters. The van der Waals surface area contributed by atoms with Crippen LogP contribution in [0.3, 0.4) is 0 Å². The maximum atomic E-state index is 12.9. The number of carbonyl (C=O) groups excluding carboxylic acids is 1. The van der Waals surface area contributed by atoms with Crippen molar-refractivity contribution in [2.24, 2.45) is 0 Å². The van der Waals surface area contributed by atoms with Crippen LogP contribution in [0.5, 0.6) is 0 Å². The predicted octanol–water partition coefficient (Wildman–Crippen LogP) is 2.37. The van der Waals surface area contributed by atoms with Gasteiger partial charge in [0.05, 0.1) is 17.1 Å². The lowest BCUT2D eigenvalue weighted by molar-refractivity contribution is 0.0526. The first-order valence-electron chi connectivity index (χ1n) is 9.04. The van der Waals surface area contributed by atoms with Gasteiger partial charge in [0, 0.05) is 32.7 Å². The lowest BCUT2D eigenvalue weighted by atomic mass is 10.2. The largest absolute Gasteiger partial charge is 0.462 e. The van der Waals surface area contributed by atoms with Crippen molar-refractivity contribution < 1.29 is 17.9 Å². The zero-order chi connectivity index (χ0) is 19.3. The molecular weight excluding hydrogens is 364 g/mol. The second-order valence-corrected chi connectivity index (χ2v) is 8.35. The lowest BCUT2D eigenvalue weighted by Gasteiger charge is -2.34. The standard InChI is InChI=1S/C20H24N2O4S/c1-2-26-20(23)18-8-10-19(11-9-18)27(24,25)22-14-12-21(13-15-22)16-17-6-4-3-5-7-17/h3-11H,2,12-16H2,1H3. The highest BCUT2D eigenvalue weighted by Gasteiger charge is 2.28. The maximum absolute atomic E-state index is 12.9. The average molecular weight is 388 g/mol. The van der Waals surface area contributed by atoms with Crippen LogP contribution in [0.2, 0.25) is 0 Å². The van der Waals surface area contributed by atoms with Gasteiger partial charge in [-0.05, 0) is 36.8 Å². The first-order valence-corrected chi connectivity index (χ1v) is 10.5.